The molecule has 0 aromatic heterocycles. The van der Waals surface area contributed by atoms with Crippen LogP contribution in [0, 0.1) is 5.82 Å². The molecule has 0 heterocycles. The zero-order valence-corrected chi connectivity index (χ0v) is 9.03. The van der Waals surface area contributed by atoms with Gasteiger partial charge in [0.15, 0.2) is 5.60 Å². The van der Waals surface area contributed by atoms with Crippen molar-refractivity contribution in [2.24, 2.45) is 0 Å². The largest absolute Gasteiger partial charge is 0.496 e. The molecule has 0 amide bonds. The van der Waals surface area contributed by atoms with E-state index in [2.05, 4.69) is 0 Å². The molecule has 0 aliphatic heterocycles. The highest BCUT2D eigenvalue weighted by molar-refractivity contribution is 5.77. The van der Waals surface area contributed by atoms with E-state index < -0.39 is 17.4 Å². The van der Waals surface area contributed by atoms with Gasteiger partial charge in [-0.05, 0) is 25.1 Å². The first-order valence-corrected chi connectivity index (χ1v) is 4.65. The number of benzene rings is 1. The summed E-state index contributed by atoms with van der Waals surface area (Å²) in [6, 6.07) is 3.75. The van der Waals surface area contributed by atoms with Gasteiger partial charge in [-0.15, -0.1) is 0 Å². The molecular weight excluding hydrogens is 215 g/mol. The van der Waals surface area contributed by atoms with Crippen LogP contribution >= 0.6 is 0 Å². The van der Waals surface area contributed by atoms with Gasteiger partial charge >= 0.3 is 5.97 Å². The van der Waals surface area contributed by atoms with Gasteiger partial charge in [0.05, 0.1) is 7.11 Å². The van der Waals surface area contributed by atoms with Crippen molar-refractivity contribution in [1.82, 2.24) is 0 Å². The lowest BCUT2D eigenvalue weighted by Gasteiger charge is -2.19. The van der Waals surface area contributed by atoms with E-state index >= 15 is 0 Å². The fourth-order valence-electron chi connectivity index (χ4n) is 1.33. The molecule has 16 heavy (non-hydrogen) atoms. The van der Waals surface area contributed by atoms with Gasteiger partial charge in [0.25, 0.3) is 0 Å². The van der Waals surface area contributed by atoms with Crippen molar-refractivity contribution in [1.29, 1.82) is 0 Å². The highest BCUT2D eigenvalue weighted by atomic mass is 19.1. The fourth-order valence-corrected chi connectivity index (χ4v) is 1.33. The molecule has 0 fully saturated rings. The Kier molecular flexibility index (Phi) is 3.49. The SMILES string of the molecule is COc1ccc(F)cc1CC(C)(O)C(=O)O. The second-order valence-corrected chi connectivity index (χ2v) is 3.71. The average molecular weight is 228 g/mol. The lowest BCUT2D eigenvalue weighted by molar-refractivity contribution is -0.156. The van der Waals surface area contributed by atoms with Gasteiger partial charge in [-0.1, -0.05) is 0 Å². The van der Waals surface area contributed by atoms with Crippen LogP contribution in [0.25, 0.3) is 0 Å². The zero-order valence-electron chi connectivity index (χ0n) is 9.03. The summed E-state index contributed by atoms with van der Waals surface area (Å²) in [6.07, 6.45) is -0.219. The summed E-state index contributed by atoms with van der Waals surface area (Å²) in [6.45, 7) is 1.15. The number of halogens is 1. The van der Waals surface area contributed by atoms with E-state index in [1.54, 1.807) is 0 Å². The summed E-state index contributed by atoms with van der Waals surface area (Å²) in [7, 11) is 1.40. The number of aliphatic carboxylic acids is 1. The predicted molar refractivity (Wildman–Crippen MR) is 54.9 cm³/mol. The Bertz CT molecular complexity index is 401. The van der Waals surface area contributed by atoms with Crippen LogP contribution in [0.5, 0.6) is 5.75 Å². The molecule has 0 saturated carbocycles. The molecule has 1 aromatic rings. The summed E-state index contributed by atoms with van der Waals surface area (Å²) in [5, 5.41) is 18.3. The van der Waals surface area contributed by atoms with Gasteiger partial charge < -0.3 is 14.9 Å². The lowest BCUT2D eigenvalue weighted by atomic mass is 9.96. The maximum absolute atomic E-state index is 13.0. The molecule has 88 valence electrons. The number of carboxylic acids is 1. The highest BCUT2D eigenvalue weighted by Crippen LogP contribution is 2.24. The van der Waals surface area contributed by atoms with E-state index in [0.717, 1.165) is 13.0 Å². The van der Waals surface area contributed by atoms with Gasteiger partial charge in [0.1, 0.15) is 11.6 Å². The van der Waals surface area contributed by atoms with E-state index in [0.29, 0.717) is 11.3 Å². The Labute approximate surface area is 92.3 Å². The minimum atomic E-state index is -1.94. The van der Waals surface area contributed by atoms with E-state index in [-0.39, 0.29) is 6.42 Å². The van der Waals surface area contributed by atoms with Crippen LogP contribution in [-0.2, 0) is 11.2 Å². The Morgan fingerprint density at radius 2 is 2.19 bits per heavy atom. The van der Waals surface area contributed by atoms with Crippen molar-refractivity contribution >= 4 is 5.97 Å². The molecule has 0 radical (unpaired) electrons. The number of methoxy groups -OCH3 is 1. The monoisotopic (exact) mass is 228 g/mol. The Morgan fingerprint density at radius 3 is 2.69 bits per heavy atom. The minimum absolute atomic E-state index is 0.219. The maximum atomic E-state index is 13.0. The number of ether oxygens (including phenoxy) is 1. The summed E-state index contributed by atoms with van der Waals surface area (Å²) in [5.41, 5.74) is -1.63. The van der Waals surface area contributed by atoms with Crippen molar-refractivity contribution in [2.45, 2.75) is 18.9 Å². The van der Waals surface area contributed by atoms with Gasteiger partial charge in [-0.3, -0.25) is 0 Å². The highest BCUT2D eigenvalue weighted by Gasteiger charge is 2.31. The third kappa shape index (κ3) is 2.70. The van der Waals surface area contributed by atoms with Crippen LogP contribution in [0.2, 0.25) is 0 Å². The number of carboxylic acid groups (broad SMARTS) is 1. The third-order valence-corrected chi connectivity index (χ3v) is 2.24. The van der Waals surface area contributed by atoms with Crippen LogP contribution in [-0.4, -0.2) is 28.9 Å². The number of hydrogen-bond acceptors (Lipinski definition) is 3. The van der Waals surface area contributed by atoms with Crippen LogP contribution in [0.15, 0.2) is 18.2 Å². The van der Waals surface area contributed by atoms with Crippen molar-refractivity contribution < 1.29 is 24.1 Å². The number of aliphatic hydroxyl groups is 1. The second-order valence-electron chi connectivity index (χ2n) is 3.71. The van der Waals surface area contributed by atoms with Crippen molar-refractivity contribution in [3.63, 3.8) is 0 Å². The Hall–Kier alpha value is -1.62. The third-order valence-electron chi connectivity index (χ3n) is 2.24. The van der Waals surface area contributed by atoms with Crippen LogP contribution < -0.4 is 4.74 Å². The molecule has 2 N–H and O–H groups in total. The molecule has 0 aliphatic carbocycles. The van der Waals surface area contributed by atoms with Gasteiger partial charge in [0, 0.05) is 12.0 Å². The summed E-state index contributed by atoms with van der Waals surface area (Å²) in [4.78, 5) is 10.7. The molecule has 5 heteroatoms. The first kappa shape index (κ1) is 12.4. The first-order valence-electron chi connectivity index (χ1n) is 4.65. The second kappa shape index (κ2) is 4.49. The molecule has 1 unspecified atom stereocenters. The Morgan fingerprint density at radius 1 is 1.56 bits per heavy atom. The predicted octanol–water partition coefficient (Wildman–Crippen LogP) is 1.21. The molecule has 0 bridgehead atoms. The molecule has 0 spiro atoms. The van der Waals surface area contributed by atoms with Crippen LogP contribution in [0.4, 0.5) is 4.39 Å². The maximum Gasteiger partial charge on any atom is 0.335 e. The minimum Gasteiger partial charge on any atom is -0.496 e. The number of hydrogen-bond donors (Lipinski definition) is 2. The molecule has 0 saturated heterocycles. The lowest BCUT2D eigenvalue weighted by Crippen LogP contribution is -2.37. The number of carbonyl (C=O) groups is 1. The Balaban J connectivity index is 3.04. The summed E-state index contributed by atoms with van der Waals surface area (Å²) >= 11 is 0. The molecule has 1 atom stereocenters. The zero-order chi connectivity index (χ0) is 12.3. The van der Waals surface area contributed by atoms with Crippen molar-refractivity contribution in [3.05, 3.63) is 29.6 Å². The van der Waals surface area contributed by atoms with Crippen molar-refractivity contribution in [2.75, 3.05) is 7.11 Å². The molecule has 4 nitrogen and oxygen atoms in total. The van der Waals surface area contributed by atoms with Gasteiger partial charge in [-0.2, -0.15) is 0 Å². The number of rotatable bonds is 4. The van der Waals surface area contributed by atoms with Gasteiger partial charge in [0.2, 0.25) is 0 Å². The molecule has 0 aliphatic rings. The van der Waals surface area contributed by atoms with E-state index in [1.807, 2.05) is 0 Å². The molecule has 1 aromatic carbocycles. The van der Waals surface area contributed by atoms with Crippen molar-refractivity contribution in [3.8, 4) is 5.75 Å². The van der Waals surface area contributed by atoms with Gasteiger partial charge in [-0.25, -0.2) is 9.18 Å². The average Bonchev–Trinajstić information content (AvgIpc) is 2.17. The van der Waals surface area contributed by atoms with E-state index in [4.69, 9.17) is 9.84 Å². The smallest absolute Gasteiger partial charge is 0.335 e. The standard InChI is InChI=1S/C11H13FO4/c1-11(15,10(13)14)6-7-5-8(12)3-4-9(7)16-2/h3-5,15H,6H2,1-2H3,(H,13,14). The quantitative estimate of drug-likeness (QED) is 0.813. The molecule has 1 rings (SSSR count). The topological polar surface area (TPSA) is 66.8 Å². The van der Waals surface area contributed by atoms with E-state index in [1.165, 1.54) is 19.2 Å². The van der Waals surface area contributed by atoms with Crippen LogP contribution in [0.3, 0.4) is 0 Å². The summed E-state index contributed by atoms with van der Waals surface area (Å²) < 4.78 is 17.9. The van der Waals surface area contributed by atoms with Crippen LogP contribution in [0.1, 0.15) is 12.5 Å². The summed E-state index contributed by atoms with van der Waals surface area (Å²) in [5.74, 6) is -1.52. The normalized spacial score (nSPS) is 14.2. The fraction of sp³-hybridized carbons (Fsp3) is 0.364. The first-order chi connectivity index (χ1) is 7.36. The van der Waals surface area contributed by atoms with E-state index in [9.17, 15) is 14.3 Å². The molecular formula is C11H13FO4.